The number of para-hydroxylation sites is 1. The van der Waals surface area contributed by atoms with Gasteiger partial charge in [-0.25, -0.2) is 4.98 Å². The first-order valence-corrected chi connectivity index (χ1v) is 5.70. The number of aromatic nitrogens is 1. The molecule has 0 spiro atoms. The Hall–Kier alpha value is -2.36. The Kier molecular flexibility index (Phi) is 3.57. The summed E-state index contributed by atoms with van der Waals surface area (Å²) in [5.41, 5.74) is 1.27. The van der Waals surface area contributed by atoms with E-state index in [1.807, 2.05) is 42.5 Å². The van der Waals surface area contributed by atoms with Crippen LogP contribution in [0.15, 0.2) is 48.5 Å². The summed E-state index contributed by atoms with van der Waals surface area (Å²) in [6, 6.07) is 14.8. The van der Waals surface area contributed by atoms with Crippen LogP contribution in [0.2, 0.25) is 0 Å². The monoisotopic (exact) mass is 241 g/mol. The first-order chi connectivity index (χ1) is 8.72. The maximum atomic E-state index is 12.2. The molecule has 0 aliphatic heterocycles. The number of nitrogens with zero attached hydrogens (tertiary/aromatic N) is 2. The van der Waals surface area contributed by atoms with E-state index in [1.54, 1.807) is 25.1 Å². The van der Waals surface area contributed by atoms with Gasteiger partial charge in [0.25, 0.3) is 5.91 Å². The highest BCUT2D eigenvalue weighted by Gasteiger charge is 2.14. The average Bonchev–Trinajstić information content (AvgIpc) is 2.46. The summed E-state index contributed by atoms with van der Waals surface area (Å²) in [6.07, 6.45) is 0. The van der Waals surface area contributed by atoms with Crippen LogP contribution in [0.25, 0.3) is 0 Å². The van der Waals surface area contributed by atoms with Crippen molar-refractivity contribution in [2.24, 2.45) is 0 Å². The van der Waals surface area contributed by atoms with E-state index < -0.39 is 0 Å². The number of pyridine rings is 1. The van der Waals surface area contributed by atoms with Gasteiger partial charge in [-0.15, -0.1) is 0 Å². The van der Waals surface area contributed by atoms with Gasteiger partial charge < -0.3 is 10.2 Å². The Morgan fingerprint density at radius 1 is 1.11 bits per heavy atom. The molecule has 4 heteroatoms. The fraction of sp³-hybridized carbons (Fsp3) is 0.143. The Bertz CT molecular complexity index is 540. The lowest BCUT2D eigenvalue weighted by molar-refractivity contribution is 0.0988. The molecular formula is C14H15N3O. The number of anilines is 2. The second kappa shape index (κ2) is 5.31. The number of nitrogens with one attached hydrogen (secondary N) is 1. The van der Waals surface area contributed by atoms with Gasteiger partial charge in [-0.2, -0.15) is 0 Å². The van der Waals surface area contributed by atoms with Crippen LogP contribution in [-0.2, 0) is 0 Å². The van der Waals surface area contributed by atoms with E-state index in [1.165, 1.54) is 0 Å². The second-order valence-corrected chi connectivity index (χ2v) is 3.86. The van der Waals surface area contributed by atoms with Crippen LogP contribution in [-0.4, -0.2) is 25.0 Å². The highest BCUT2D eigenvalue weighted by molar-refractivity contribution is 6.04. The van der Waals surface area contributed by atoms with Crippen molar-refractivity contribution in [3.8, 4) is 0 Å². The minimum absolute atomic E-state index is 0.127. The molecule has 0 aliphatic carbocycles. The van der Waals surface area contributed by atoms with Crippen LogP contribution < -0.4 is 10.2 Å². The maximum absolute atomic E-state index is 12.2. The topological polar surface area (TPSA) is 45.2 Å². The molecule has 0 saturated heterocycles. The lowest BCUT2D eigenvalue weighted by Gasteiger charge is -2.16. The summed E-state index contributed by atoms with van der Waals surface area (Å²) in [5.74, 6) is 0.556. The number of hydrogen-bond acceptors (Lipinski definition) is 3. The minimum atomic E-state index is -0.127. The standard InChI is InChI=1S/C14H15N3O/c1-15-13-10-6-9-12(16-13)14(18)17(2)11-7-4-3-5-8-11/h3-10H,1-2H3,(H,15,16). The summed E-state index contributed by atoms with van der Waals surface area (Å²) in [6.45, 7) is 0. The smallest absolute Gasteiger partial charge is 0.276 e. The van der Waals surface area contributed by atoms with Crippen molar-refractivity contribution in [2.45, 2.75) is 0 Å². The van der Waals surface area contributed by atoms with E-state index in [9.17, 15) is 4.79 Å². The molecule has 1 aromatic heterocycles. The van der Waals surface area contributed by atoms with Crippen molar-refractivity contribution in [3.63, 3.8) is 0 Å². The summed E-state index contributed by atoms with van der Waals surface area (Å²) in [7, 11) is 3.52. The predicted octanol–water partition coefficient (Wildman–Crippen LogP) is 2.40. The molecule has 0 aliphatic rings. The zero-order valence-corrected chi connectivity index (χ0v) is 10.4. The Morgan fingerprint density at radius 2 is 1.83 bits per heavy atom. The van der Waals surface area contributed by atoms with Crippen molar-refractivity contribution < 1.29 is 4.79 Å². The Labute approximate surface area is 106 Å². The Morgan fingerprint density at radius 3 is 2.50 bits per heavy atom. The molecule has 0 saturated carbocycles. The van der Waals surface area contributed by atoms with Crippen LogP contribution in [0.4, 0.5) is 11.5 Å². The molecule has 0 radical (unpaired) electrons. The van der Waals surface area contributed by atoms with Crippen molar-refractivity contribution in [3.05, 3.63) is 54.2 Å². The van der Waals surface area contributed by atoms with Crippen molar-refractivity contribution >= 4 is 17.4 Å². The average molecular weight is 241 g/mol. The summed E-state index contributed by atoms with van der Waals surface area (Å²) in [5, 5.41) is 2.92. The molecule has 92 valence electrons. The SMILES string of the molecule is CNc1cccc(C(=O)N(C)c2ccccc2)n1. The van der Waals surface area contributed by atoms with E-state index in [4.69, 9.17) is 0 Å². The number of benzene rings is 1. The predicted molar refractivity (Wildman–Crippen MR) is 73.0 cm³/mol. The van der Waals surface area contributed by atoms with Gasteiger partial charge in [-0.1, -0.05) is 24.3 Å². The third kappa shape index (κ3) is 2.48. The highest BCUT2D eigenvalue weighted by Crippen LogP contribution is 2.14. The van der Waals surface area contributed by atoms with E-state index >= 15 is 0 Å². The lowest BCUT2D eigenvalue weighted by atomic mass is 10.2. The molecule has 0 fully saturated rings. The summed E-state index contributed by atoms with van der Waals surface area (Å²) >= 11 is 0. The van der Waals surface area contributed by atoms with Gasteiger partial charge in [0.1, 0.15) is 11.5 Å². The largest absolute Gasteiger partial charge is 0.373 e. The molecule has 0 unspecified atom stereocenters. The quantitative estimate of drug-likeness (QED) is 0.897. The fourth-order valence-corrected chi connectivity index (χ4v) is 1.63. The molecule has 0 atom stereocenters. The molecule has 1 aromatic carbocycles. The second-order valence-electron chi connectivity index (χ2n) is 3.86. The van der Waals surface area contributed by atoms with Crippen LogP contribution in [0.3, 0.4) is 0 Å². The zero-order chi connectivity index (χ0) is 13.0. The molecule has 1 amide bonds. The number of rotatable bonds is 3. The highest BCUT2D eigenvalue weighted by atomic mass is 16.2. The van der Waals surface area contributed by atoms with Gasteiger partial charge >= 0.3 is 0 Å². The molecule has 0 bridgehead atoms. The number of carbonyl (C=O) groups excluding carboxylic acids is 1. The van der Waals surface area contributed by atoms with Gasteiger partial charge in [0.05, 0.1) is 0 Å². The first-order valence-electron chi connectivity index (χ1n) is 5.70. The number of amides is 1. The molecule has 1 heterocycles. The summed E-state index contributed by atoms with van der Waals surface area (Å²) < 4.78 is 0. The first kappa shape index (κ1) is 12.1. The summed E-state index contributed by atoms with van der Waals surface area (Å²) in [4.78, 5) is 18.1. The Balaban J connectivity index is 2.25. The number of carbonyl (C=O) groups is 1. The molecule has 18 heavy (non-hydrogen) atoms. The third-order valence-corrected chi connectivity index (χ3v) is 2.67. The molecule has 2 aromatic rings. The van der Waals surface area contributed by atoms with E-state index in [2.05, 4.69) is 10.3 Å². The van der Waals surface area contributed by atoms with E-state index in [-0.39, 0.29) is 5.91 Å². The molecular weight excluding hydrogens is 226 g/mol. The van der Waals surface area contributed by atoms with Gasteiger partial charge in [-0.05, 0) is 24.3 Å². The van der Waals surface area contributed by atoms with Gasteiger partial charge in [-0.3, -0.25) is 4.79 Å². The molecule has 4 nitrogen and oxygen atoms in total. The van der Waals surface area contributed by atoms with Gasteiger partial charge in [0.2, 0.25) is 0 Å². The van der Waals surface area contributed by atoms with E-state index in [0.29, 0.717) is 11.5 Å². The van der Waals surface area contributed by atoms with Gasteiger partial charge in [0.15, 0.2) is 0 Å². The number of hydrogen-bond donors (Lipinski definition) is 1. The van der Waals surface area contributed by atoms with Crippen molar-refractivity contribution in [2.75, 3.05) is 24.3 Å². The van der Waals surface area contributed by atoms with E-state index in [0.717, 1.165) is 5.69 Å². The molecule has 2 rings (SSSR count). The van der Waals surface area contributed by atoms with Crippen LogP contribution in [0.5, 0.6) is 0 Å². The normalized spacial score (nSPS) is 9.89. The van der Waals surface area contributed by atoms with Crippen molar-refractivity contribution in [1.82, 2.24) is 4.98 Å². The van der Waals surface area contributed by atoms with Gasteiger partial charge in [0, 0.05) is 19.8 Å². The van der Waals surface area contributed by atoms with Crippen LogP contribution in [0, 0.1) is 0 Å². The van der Waals surface area contributed by atoms with Crippen LogP contribution in [0.1, 0.15) is 10.5 Å². The van der Waals surface area contributed by atoms with Crippen molar-refractivity contribution in [1.29, 1.82) is 0 Å². The minimum Gasteiger partial charge on any atom is -0.373 e. The fourth-order valence-electron chi connectivity index (χ4n) is 1.63. The third-order valence-electron chi connectivity index (χ3n) is 2.67. The lowest BCUT2D eigenvalue weighted by Crippen LogP contribution is -2.27. The molecule has 1 N–H and O–H groups in total. The maximum Gasteiger partial charge on any atom is 0.276 e. The zero-order valence-electron chi connectivity index (χ0n) is 10.4. The van der Waals surface area contributed by atoms with Crippen LogP contribution >= 0.6 is 0 Å².